The number of carbonyl (C=O) groups excluding carboxylic acids is 1. The summed E-state index contributed by atoms with van der Waals surface area (Å²) < 4.78 is 19.1. The van der Waals surface area contributed by atoms with E-state index < -0.39 is 11.9 Å². The standard InChI is InChI=1S/C21H24FNO4/c1-14(17-8-4-5-9-18(17)22)11-20(24)23-13-16(21(25)26)12-15-7-3-6-10-19(15)27-2/h3-10,14,16H,11-13H2,1-2H3,(H,23,24)(H,25,26). The predicted octanol–water partition coefficient (Wildman–Crippen LogP) is 3.39. The van der Waals surface area contributed by atoms with Gasteiger partial charge in [0.15, 0.2) is 0 Å². The van der Waals surface area contributed by atoms with Crippen molar-refractivity contribution < 1.29 is 23.8 Å². The van der Waals surface area contributed by atoms with Gasteiger partial charge in [0.25, 0.3) is 0 Å². The van der Waals surface area contributed by atoms with Crippen LogP contribution in [0.4, 0.5) is 4.39 Å². The van der Waals surface area contributed by atoms with Crippen LogP contribution in [-0.2, 0) is 16.0 Å². The molecule has 0 aliphatic rings. The minimum atomic E-state index is -0.997. The summed E-state index contributed by atoms with van der Waals surface area (Å²) in [6.07, 6.45) is 0.324. The zero-order chi connectivity index (χ0) is 19.8. The van der Waals surface area contributed by atoms with Gasteiger partial charge in [-0.3, -0.25) is 9.59 Å². The lowest BCUT2D eigenvalue weighted by atomic mass is 9.96. The van der Waals surface area contributed by atoms with Crippen LogP contribution in [-0.4, -0.2) is 30.6 Å². The molecule has 0 saturated carbocycles. The maximum Gasteiger partial charge on any atom is 0.308 e. The van der Waals surface area contributed by atoms with Gasteiger partial charge in [0, 0.05) is 13.0 Å². The van der Waals surface area contributed by atoms with Crippen molar-refractivity contribution in [1.82, 2.24) is 5.32 Å². The van der Waals surface area contributed by atoms with Gasteiger partial charge in [-0.25, -0.2) is 4.39 Å². The highest BCUT2D eigenvalue weighted by atomic mass is 19.1. The third kappa shape index (κ3) is 5.81. The fourth-order valence-corrected chi connectivity index (χ4v) is 2.96. The van der Waals surface area contributed by atoms with Gasteiger partial charge in [-0.1, -0.05) is 43.3 Å². The second-order valence-electron chi connectivity index (χ2n) is 6.48. The van der Waals surface area contributed by atoms with Crippen LogP contribution in [0, 0.1) is 11.7 Å². The van der Waals surface area contributed by atoms with E-state index >= 15 is 0 Å². The number of halogens is 1. The van der Waals surface area contributed by atoms with Gasteiger partial charge in [0.2, 0.25) is 5.91 Å². The molecule has 0 aliphatic heterocycles. The summed E-state index contributed by atoms with van der Waals surface area (Å²) in [4.78, 5) is 23.8. The molecule has 0 aliphatic carbocycles. The van der Waals surface area contributed by atoms with Crippen molar-refractivity contribution in [2.45, 2.75) is 25.7 Å². The number of hydrogen-bond acceptors (Lipinski definition) is 3. The maximum absolute atomic E-state index is 13.8. The number of ether oxygens (including phenoxy) is 1. The minimum Gasteiger partial charge on any atom is -0.496 e. The van der Waals surface area contributed by atoms with Crippen LogP contribution in [0.25, 0.3) is 0 Å². The summed E-state index contributed by atoms with van der Waals surface area (Å²) >= 11 is 0. The van der Waals surface area contributed by atoms with Crippen molar-refractivity contribution in [1.29, 1.82) is 0 Å². The van der Waals surface area contributed by atoms with E-state index in [-0.39, 0.29) is 37.0 Å². The second kappa shape index (κ2) is 9.71. The van der Waals surface area contributed by atoms with Gasteiger partial charge in [-0.15, -0.1) is 0 Å². The van der Waals surface area contributed by atoms with E-state index in [9.17, 15) is 19.1 Å². The van der Waals surface area contributed by atoms with Crippen molar-refractivity contribution >= 4 is 11.9 Å². The third-order valence-electron chi connectivity index (χ3n) is 4.48. The maximum atomic E-state index is 13.8. The third-order valence-corrected chi connectivity index (χ3v) is 4.48. The molecule has 144 valence electrons. The molecule has 2 rings (SSSR count). The molecule has 2 aromatic rings. The number of rotatable bonds is 9. The lowest BCUT2D eigenvalue weighted by Gasteiger charge is -2.17. The zero-order valence-electron chi connectivity index (χ0n) is 15.4. The Labute approximate surface area is 158 Å². The lowest BCUT2D eigenvalue weighted by Crippen LogP contribution is -2.34. The van der Waals surface area contributed by atoms with Gasteiger partial charge in [-0.05, 0) is 35.6 Å². The van der Waals surface area contributed by atoms with Crippen molar-refractivity contribution in [2.75, 3.05) is 13.7 Å². The Hall–Kier alpha value is -2.89. The van der Waals surface area contributed by atoms with Crippen LogP contribution < -0.4 is 10.1 Å². The van der Waals surface area contributed by atoms with E-state index in [2.05, 4.69) is 5.32 Å². The Morgan fingerprint density at radius 2 is 1.81 bits per heavy atom. The number of carboxylic acids is 1. The highest BCUT2D eigenvalue weighted by Gasteiger charge is 2.21. The monoisotopic (exact) mass is 373 g/mol. The zero-order valence-corrected chi connectivity index (χ0v) is 15.4. The molecule has 27 heavy (non-hydrogen) atoms. The summed E-state index contributed by atoms with van der Waals surface area (Å²) in [6.45, 7) is 1.76. The van der Waals surface area contributed by atoms with E-state index in [0.717, 1.165) is 5.56 Å². The van der Waals surface area contributed by atoms with Gasteiger partial charge in [-0.2, -0.15) is 0 Å². The number of para-hydroxylation sites is 1. The summed E-state index contributed by atoms with van der Waals surface area (Å²) in [5.74, 6) is -2.13. The fourth-order valence-electron chi connectivity index (χ4n) is 2.96. The molecule has 0 spiro atoms. The smallest absolute Gasteiger partial charge is 0.308 e. The second-order valence-corrected chi connectivity index (χ2v) is 6.48. The molecule has 0 aromatic heterocycles. The Bertz CT molecular complexity index is 793. The van der Waals surface area contributed by atoms with E-state index in [4.69, 9.17) is 4.74 Å². The fraction of sp³-hybridized carbons (Fsp3) is 0.333. The summed E-state index contributed by atoms with van der Waals surface area (Å²) in [5.41, 5.74) is 1.23. The minimum absolute atomic E-state index is 0.00376. The first kappa shape index (κ1) is 20.4. The summed E-state index contributed by atoms with van der Waals surface area (Å²) in [7, 11) is 1.53. The number of amides is 1. The molecule has 0 saturated heterocycles. The van der Waals surface area contributed by atoms with Crippen molar-refractivity contribution in [3.63, 3.8) is 0 Å². The SMILES string of the molecule is COc1ccccc1CC(CNC(=O)CC(C)c1ccccc1F)C(=O)O. The van der Waals surface area contributed by atoms with E-state index in [1.807, 2.05) is 12.1 Å². The largest absolute Gasteiger partial charge is 0.496 e. The lowest BCUT2D eigenvalue weighted by molar-refractivity contribution is -0.141. The Morgan fingerprint density at radius 1 is 1.15 bits per heavy atom. The van der Waals surface area contributed by atoms with Crippen LogP contribution in [0.2, 0.25) is 0 Å². The summed E-state index contributed by atoms with van der Waals surface area (Å²) in [5, 5.41) is 12.1. The molecule has 2 unspecified atom stereocenters. The molecule has 6 heteroatoms. The van der Waals surface area contributed by atoms with Crippen LogP contribution >= 0.6 is 0 Å². The number of methoxy groups -OCH3 is 1. The molecular weight excluding hydrogens is 349 g/mol. The van der Waals surface area contributed by atoms with Gasteiger partial charge >= 0.3 is 5.97 Å². The molecule has 2 aromatic carbocycles. The number of aliphatic carboxylic acids is 1. The summed E-state index contributed by atoms with van der Waals surface area (Å²) in [6, 6.07) is 13.5. The van der Waals surface area contributed by atoms with E-state index in [0.29, 0.717) is 11.3 Å². The van der Waals surface area contributed by atoms with Crippen LogP contribution in [0.3, 0.4) is 0 Å². The average Bonchev–Trinajstić information content (AvgIpc) is 2.65. The normalized spacial score (nSPS) is 12.9. The first-order valence-electron chi connectivity index (χ1n) is 8.78. The molecule has 2 atom stereocenters. The van der Waals surface area contributed by atoms with Crippen molar-refractivity contribution in [2.24, 2.45) is 5.92 Å². The first-order valence-corrected chi connectivity index (χ1v) is 8.78. The number of benzene rings is 2. The number of carbonyl (C=O) groups is 2. The highest BCUT2D eigenvalue weighted by molar-refractivity contribution is 5.78. The van der Waals surface area contributed by atoms with Crippen LogP contribution in [0.1, 0.15) is 30.4 Å². The Kier molecular flexibility index (Phi) is 7.34. The van der Waals surface area contributed by atoms with E-state index in [1.165, 1.54) is 13.2 Å². The Balaban J connectivity index is 1.94. The molecule has 0 fully saturated rings. The highest BCUT2D eigenvalue weighted by Crippen LogP contribution is 2.23. The molecular formula is C21H24FNO4. The molecule has 0 bridgehead atoms. The Morgan fingerprint density at radius 3 is 2.48 bits per heavy atom. The molecule has 5 nitrogen and oxygen atoms in total. The average molecular weight is 373 g/mol. The van der Waals surface area contributed by atoms with Gasteiger partial charge in [0.05, 0.1) is 13.0 Å². The number of carboxylic acid groups (broad SMARTS) is 1. The van der Waals surface area contributed by atoms with Gasteiger partial charge < -0.3 is 15.2 Å². The number of nitrogens with one attached hydrogen (secondary N) is 1. The quantitative estimate of drug-likeness (QED) is 0.706. The van der Waals surface area contributed by atoms with Gasteiger partial charge in [0.1, 0.15) is 11.6 Å². The topological polar surface area (TPSA) is 75.6 Å². The molecule has 0 radical (unpaired) electrons. The molecule has 0 heterocycles. The van der Waals surface area contributed by atoms with Crippen molar-refractivity contribution in [3.8, 4) is 5.75 Å². The molecule has 2 N–H and O–H groups in total. The van der Waals surface area contributed by atoms with Crippen LogP contribution in [0.5, 0.6) is 5.75 Å². The van der Waals surface area contributed by atoms with Crippen LogP contribution in [0.15, 0.2) is 48.5 Å². The number of hydrogen-bond donors (Lipinski definition) is 2. The predicted molar refractivity (Wildman–Crippen MR) is 100 cm³/mol. The van der Waals surface area contributed by atoms with Crippen molar-refractivity contribution in [3.05, 3.63) is 65.5 Å². The molecule has 1 amide bonds. The first-order chi connectivity index (χ1) is 12.9. The van der Waals surface area contributed by atoms with E-state index in [1.54, 1.807) is 37.3 Å².